The SMILES string of the molecule is Cc1cc2cc(CN=C(N)Nc3ccc4c(c3)CCC4)ccc2[nH]1. The lowest BCUT2D eigenvalue weighted by Gasteiger charge is -2.08. The molecule has 24 heavy (non-hydrogen) atoms. The summed E-state index contributed by atoms with van der Waals surface area (Å²) < 4.78 is 0. The maximum absolute atomic E-state index is 6.05. The number of anilines is 1. The van der Waals surface area contributed by atoms with E-state index in [2.05, 4.69) is 64.7 Å². The summed E-state index contributed by atoms with van der Waals surface area (Å²) in [5.74, 6) is 0.457. The summed E-state index contributed by atoms with van der Waals surface area (Å²) in [4.78, 5) is 7.80. The third-order valence-electron chi connectivity index (χ3n) is 4.62. The molecule has 2 aromatic carbocycles. The molecule has 1 aliphatic carbocycles. The van der Waals surface area contributed by atoms with Gasteiger partial charge in [-0.3, -0.25) is 0 Å². The second-order valence-electron chi connectivity index (χ2n) is 6.54. The topological polar surface area (TPSA) is 66.2 Å². The first kappa shape index (κ1) is 14.8. The number of rotatable bonds is 3. The van der Waals surface area contributed by atoms with Crippen molar-refractivity contribution in [3.05, 3.63) is 64.8 Å². The standard InChI is InChI=1S/C20H22N4/c1-13-9-17-10-14(5-8-19(17)23-13)12-22-20(21)24-18-7-6-15-3-2-4-16(15)11-18/h5-11,23H,2-4,12H2,1H3,(H3,21,22,24). The number of nitrogens with two attached hydrogens (primary N) is 1. The molecular formula is C20H22N4. The van der Waals surface area contributed by atoms with Gasteiger partial charge < -0.3 is 16.0 Å². The van der Waals surface area contributed by atoms with Gasteiger partial charge in [-0.05, 0) is 78.6 Å². The number of nitrogens with one attached hydrogen (secondary N) is 2. The Bertz CT molecular complexity index is 921. The van der Waals surface area contributed by atoms with Crippen molar-refractivity contribution in [3.63, 3.8) is 0 Å². The molecule has 0 radical (unpaired) electrons. The molecule has 0 saturated carbocycles. The number of benzene rings is 2. The molecule has 0 unspecified atom stereocenters. The minimum atomic E-state index is 0.457. The van der Waals surface area contributed by atoms with Gasteiger partial charge in [0.2, 0.25) is 0 Å². The number of aromatic amines is 1. The van der Waals surface area contributed by atoms with E-state index in [1.807, 2.05) is 0 Å². The van der Waals surface area contributed by atoms with Crippen LogP contribution in [0.25, 0.3) is 10.9 Å². The molecule has 0 saturated heterocycles. The van der Waals surface area contributed by atoms with E-state index >= 15 is 0 Å². The van der Waals surface area contributed by atoms with E-state index in [1.54, 1.807) is 0 Å². The molecule has 1 aliphatic rings. The van der Waals surface area contributed by atoms with Crippen LogP contribution >= 0.6 is 0 Å². The zero-order chi connectivity index (χ0) is 16.5. The van der Waals surface area contributed by atoms with Crippen molar-refractivity contribution in [2.75, 3.05) is 5.32 Å². The monoisotopic (exact) mass is 318 g/mol. The van der Waals surface area contributed by atoms with Crippen LogP contribution in [0.4, 0.5) is 5.69 Å². The number of hydrogen-bond acceptors (Lipinski definition) is 1. The van der Waals surface area contributed by atoms with Crippen molar-refractivity contribution < 1.29 is 0 Å². The lowest BCUT2D eigenvalue weighted by atomic mass is 10.1. The number of fused-ring (bicyclic) bond motifs is 2. The summed E-state index contributed by atoms with van der Waals surface area (Å²) in [5, 5.41) is 4.42. The summed E-state index contributed by atoms with van der Waals surface area (Å²) in [5.41, 5.74) is 13.4. The number of hydrogen-bond donors (Lipinski definition) is 3. The highest BCUT2D eigenvalue weighted by molar-refractivity contribution is 5.92. The number of guanidine groups is 1. The highest BCUT2D eigenvalue weighted by Gasteiger charge is 2.10. The van der Waals surface area contributed by atoms with Gasteiger partial charge in [-0.2, -0.15) is 0 Å². The Morgan fingerprint density at radius 3 is 2.92 bits per heavy atom. The number of aromatic nitrogens is 1. The second-order valence-corrected chi connectivity index (χ2v) is 6.54. The first-order valence-electron chi connectivity index (χ1n) is 8.44. The Morgan fingerprint density at radius 1 is 1.12 bits per heavy atom. The predicted octanol–water partition coefficient (Wildman–Crippen LogP) is 3.89. The van der Waals surface area contributed by atoms with Gasteiger partial charge in [-0.1, -0.05) is 12.1 Å². The molecule has 0 atom stereocenters. The van der Waals surface area contributed by atoms with E-state index in [4.69, 9.17) is 5.73 Å². The first-order valence-corrected chi connectivity index (χ1v) is 8.44. The molecule has 3 aromatic rings. The fourth-order valence-corrected chi connectivity index (χ4v) is 3.44. The van der Waals surface area contributed by atoms with E-state index in [-0.39, 0.29) is 0 Å². The summed E-state index contributed by atoms with van der Waals surface area (Å²) in [6.45, 7) is 2.64. The lowest BCUT2D eigenvalue weighted by Crippen LogP contribution is -2.22. The molecular weight excluding hydrogens is 296 g/mol. The summed E-state index contributed by atoms with van der Waals surface area (Å²) in [6.07, 6.45) is 3.61. The first-order chi connectivity index (χ1) is 11.7. The van der Waals surface area contributed by atoms with Crippen molar-refractivity contribution in [1.82, 2.24) is 4.98 Å². The molecule has 4 N–H and O–H groups in total. The maximum atomic E-state index is 6.05. The van der Waals surface area contributed by atoms with Crippen LogP contribution < -0.4 is 11.1 Å². The van der Waals surface area contributed by atoms with Gasteiger partial charge in [0.15, 0.2) is 5.96 Å². The van der Waals surface area contributed by atoms with Crippen molar-refractivity contribution in [1.29, 1.82) is 0 Å². The van der Waals surface area contributed by atoms with E-state index < -0.39 is 0 Å². The highest BCUT2D eigenvalue weighted by atomic mass is 15.1. The molecule has 0 fully saturated rings. The Balaban J connectivity index is 1.46. The van der Waals surface area contributed by atoms with Crippen molar-refractivity contribution in [3.8, 4) is 0 Å². The van der Waals surface area contributed by atoms with Gasteiger partial charge in [-0.15, -0.1) is 0 Å². The van der Waals surface area contributed by atoms with Crippen LogP contribution in [-0.2, 0) is 19.4 Å². The fourth-order valence-electron chi connectivity index (χ4n) is 3.44. The Labute approximate surface area is 141 Å². The molecule has 0 aliphatic heterocycles. The average molecular weight is 318 g/mol. The van der Waals surface area contributed by atoms with Crippen LogP contribution in [0.15, 0.2) is 47.5 Å². The van der Waals surface area contributed by atoms with Gasteiger partial charge in [0.1, 0.15) is 0 Å². The molecule has 0 bridgehead atoms. The smallest absolute Gasteiger partial charge is 0.193 e. The number of H-pyrrole nitrogens is 1. The maximum Gasteiger partial charge on any atom is 0.193 e. The average Bonchev–Trinajstić information content (AvgIpc) is 3.17. The minimum Gasteiger partial charge on any atom is -0.370 e. The van der Waals surface area contributed by atoms with Crippen LogP contribution in [0.2, 0.25) is 0 Å². The van der Waals surface area contributed by atoms with Crippen LogP contribution in [0.5, 0.6) is 0 Å². The third kappa shape index (κ3) is 3.00. The van der Waals surface area contributed by atoms with E-state index in [0.29, 0.717) is 12.5 Å². The van der Waals surface area contributed by atoms with Gasteiger partial charge in [0.25, 0.3) is 0 Å². The molecule has 4 nitrogen and oxygen atoms in total. The second kappa shape index (κ2) is 6.04. The number of nitrogens with zero attached hydrogens (tertiary/aromatic N) is 1. The quantitative estimate of drug-likeness (QED) is 0.506. The predicted molar refractivity (Wildman–Crippen MR) is 100 cm³/mol. The van der Waals surface area contributed by atoms with Crippen LogP contribution in [-0.4, -0.2) is 10.9 Å². The summed E-state index contributed by atoms with van der Waals surface area (Å²) in [7, 11) is 0. The zero-order valence-electron chi connectivity index (χ0n) is 13.9. The molecule has 1 heterocycles. The van der Waals surface area contributed by atoms with E-state index in [9.17, 15) is 0 Å². The largest absolute Gasteiger partial charge is 0.370 e. The Morgan fingerprint density at radius 2 is 2.00 bits per heavy atom. The van der Waals surface area contributed by atoms with Crippen molar-refractivity contribution in [2.24, 2.45) is 10.7 Å². The van der Waals surface area contributed by atoms with E-state index in [1.165, 1.54) is 35.0 Å². The van der Waals surface area contributed by atoms with Crippen LogP contribution in [0.1, 0.15) is 28.8 Å². The fraction of sp³-hybridized carbons (Fsp3) is 0.250. The third-order valence-corrected chi connectivity index (χ3v) is 4.62. The molecule has 4 heteroatoms. The number of aliphatic imine (C=N–C) groups is 1. The zero-order valence-corrected chi connectivity index (χ0v) is 13.9. The molecule has 0 amide bonds. The van der Waals surface area contributed by atoms with Gasteiger partial charge in [0.05, 0.1) is 6.54 Å². The van der Waals surface area contributed by atoms with Crippen LogP contribution in [0, 0.1) is 6.92 Å². The number of aryl methyl sites for hydroxylation is 3. The normalized spacial score (nSPS) is 14.1. The van der Waals surface area contributed by atoms with Gasteiger partial charge in [-0.25, -0.2) is 4.99 Å². The minimum absolute atomic E-state index is 0.457. The molecule has 4 rings (SSSR count). The molecule has 0 spiro atoms. The highest BCUT2D eigenvalue weighted by Crippen LogP contribution is 2.24. The molecule has 122 valence electrons. The van der Waals surface area contributed by atoms with Crippen molar-refractivity contribution >= 4 is 22.5 Å². The Hall–Kier alpha value is -2.75. The van der Waals surface area contributed by atoms with Crippen LogP contribution in [0.3, 0.4) is 0 Å². The van der Waals surface area contributed by atoms with Gasteiger partial charge in [0, 0.05) is 16.9 Å². The van der Waals surface area contributed by atoms with E-state index in [0.717, 1.165) is 23.2 Å². The Kier molecular flexibility index (Phi) is 3.73. The summed E-state index contributed by atoms with van der Waals surface area (Å²) in [6, 6.07) is 15.0. The molecule has 1 aromatic heterocycles. The lowest BCUT2D eigenvalue weighted by molar-refractivity contribution is 0.912. The van der Waals surface area contributed by atoms with Gasteiger partial charge >= 0.3 is 0 Å². The van der Waals surface area contributed by atoms with Crippen molar-refractivity contribution in [2.45, 2.75) is 32.7 Å². The summed E-state index contributed by atoms with van der Waals surface area (Å²) >= 11 is 0.